The van der Waals surface area contributed by atoms with Crippen molar-refractivity contribution in [1.29, 1.82) is 0 Å². The molecular formula is C11H11FN4O. The first-order chi connectivity index (χ1) is 8.33. The van der Waals surface area contributed by atoms with Crippen LogP contribution in [0.2, 0.25) is 0 Å². The fraction of sp³-hybridized carbons (Fsp3) is 0.364. The Labute approximate surface area is 97.1 Å². The van der Waals surface area contributed by atoms with Crippen LogP contribution in [0.1, 0.15) is 18.4 Å². The fourth-order valence-electron chi connectivity index (χ4n) is 1.87. The van der Waals surface area contributed by atoms with Crippen molar-refractivity contribution in [3.63, 3.8) is 0 Å². The Balaban J connectivity index is 1.84. The fourth-order valence-corrected chi connectivity index (χ4v) is 1.87. The molecular weight excluding hydrogens is 223 g/mol. The first-order valence-corrected chi connectivity index (χ1v) is 5.44. The predicted octanol–water partition coefficient (Wildman–Crippen LogP) is 1.50. The van der Waals surface area contributed by atoms with Gasteiger partial charge in [0.2, 0.25) is 11.7 Å². The van der Waals surface area contributed by atoms with E-state index in [1.807, 2.05) is 6.07 Å². The zero-order valence-corrected chi connectivity index (χ0v) is 9.01. The van der Waals surface area contributed by atoms with E-state index >= 15 is 0 Å². The van der Waals surface area contributed by atoms with E-state index in [9.17, 15) is 4.39 Å². The number of nitrogens with zero attached hydrogens (tertiary/aromatic N) is 3. The lowest BCUT2D eigenvalue weighted by atomic mass is 10.2. The molecule has 0 radical (unpaired) electrons. The monoisotopic (exact) mass is 234 g/mol. The number of alkyl halides is 1. The maximum absolute atomic E-state index is 13.0. The molecule has 2 atom stereocenters. The van der Waals surface area contributed by atoms with Gasteiger partial charge in [-0.25, -0.2) is 4.39 Å². The van der Waals surface area contributed by atoms with Crippen LogP contribution in [0.15, 0.2) is 29.0 Å². The summed E-state index contributed by atoms with van der Waals surface area (Å²) in [4.78, 5) is 8.23. The highest BCUT2D eigenvalue weighted by Crippen LogP contribution is 2.25. The van der Waals surface area contributed by atoms with Crippen LogP contribution in [0.5, 0.6) is 0 Å². The van der Waals surface area contributed by atoms with Gasteiger partial charge in [-0.05, 0) is 12.1 Å². The Morgan fingerprint density at radius 3 is 3.12 bits per heavy atom. The standard InChI is InChI=1S/C11H11FN4O/c12-8-4-9(14-6-8)11-15-10(16-17-11)7-2-1-3-13-5-7/h1-3,5,8-9,14H,4,6H2/t8-,9+/m1/s1. The normalized spacial score (nSPS) is 24.1. The maximum atomic E-state index is 13.0. The third-order valence-corrected chi connectivity index (χ3v) is 2.74. The largest absolute Gasteiger partial charge is 0.337 e. The molecule has 0 amide bonds. The summed E-state index contributed by atoms with van der Waals surface area (Å²) in [6.07, 6.45) is 2.88. The molecule has 17 heavy (non-hydrogen) atoms. The average molecular weight is 234 g/mol. The third-order valence-electron chi connectivity index (χ3n) is 2.74. The van der Waals surface area contributed by atoms with Crippen molar-refractivity contribution in [2.45, 2.75) is 18.6 Å². The van der Waals surface area contributed by atoms with Gasteiger partial charge in [0.1, 0.15) is 6.17 Å². The second-order valence-electron chi connectivity index (χ2n) is 3.99. The lowest BCUT2D eigenvalue weighted by Crippen LogP contribution is -2.14. The molecule has 5 nitrogen and oxygen atoms in total. The van der Waals surface area contributed by atoms with Crippen LogP contribution >= 0.6 is 0 Å². The van der Waals surface area contributed by atoms with Crippen LogP contribution in [0.4, 0.5) is 4.39 Å². The summed E-state index contributed by atoms with van der Waals surface area (Å²) < 4.78 is 18.2. The minimum atomic E-state index is -0.839. The minimum Gasteiger partial charge on any atom is -0.337 e. The van der Waals surface area contributed by atoms with Crippen LogP contribution in [0, 0.1) is 0 Å². The molecule has 0 aliphatic carbocycles. The van der Waals surface area contributed by atoms with E-state index in [2.05, 4.69) is 20.4 Å². The quantitative estimate of drug-likeness (QED) is 0.853. The Bertz CT molecular complexity index is 501. The third kappa shape index (κ3) is 2.03. The molecule has 2 aromatic rings. The van der Waals surface area contributed by atoms with Crippen LogP contribution in [-0.4, -0.2) is 27.8 Å². The van der Waals surface area contributed by atoms with Gasteiger partial charge in [-0.1, -0.05) is 5.16 Å². The van der Waals surface area contributed by atoms with Crippen LogP contribution in [-0.2, 0) is 0 Å². The first-order valence-electron chi connectivity index (χ1n) is 5.44. The number of hydrogen-bond acceptors (Lipinski definition) is 5. The lowest BCUT2D eigenvalue weighted by molar-refractivity contribution is 0.324. The van der Waals surface area contributed by atoms with Gasteiger partial charge in [-0.2, -0.15) is 4.98 Å². The molecule has 1 aliphatic heterocycles. The molecule has 0 unspecified atom stereocenters. The molecule has 0 spiro atoms. The Kier molecular flexibility index (Phi) is 2.56. The molecule has 1 N–H and O–H groups in total. The predicted molar refractivity (Wildman–Crippen MR) is 57.8 cm³/mol. The summed E-state index contributed by atoms with van der Waals surface area (Å²) in [7, 11) is 0. The topological polar surface area (TPSA) is 63.8 Å². The second kappa shape index (κ2) is 4.21. The molecule has 1 saturated heterocycles. The average Bonchev–Trinajstić information content (AvgIpc) is 2.98. The van der Waals surface area contributed by atoms with Crippen LogP contribution in [0.3, 0.4) is 0 Å². The van der Waals surface area contributed by atoms with Crippen molar-refractivity contribution in [2.75, 3.05) is 6.54 Å². The molecule has 0 saturated carbocycles. The molecule has 3 rings (SSSR count). The van der Waals surface area contributed by atoms with Crippen molar-refractivity contribution in [3.05, 3.63) is 30.4 Å². The highest BCUT2D eigenvalue weighted by Gasteiger charge is 2.29. The van der Waals surface area contributed by atoms with E-state index in [1.165, 1.54) is 0 Å². The van der Waals surface area contributed by atoms with Crippen molar-refractivity contribution in [3.8, 4) is 11.4 Å². The number of aromatic nitrogens is 3. The smallest absolute Gasteiger partial charge is 0.244 e. The zero-order valence-electron chi connectivity index (χ0n) is 9.01. The van der Waals surface area contributed by atoms with Crippen molar-refractivity contribution in [1.82, 2.24) is 20.4 Å². The molecule has 0 bridgehead atoms. The van der Waals surface area contributed by atoms with Crippen molar-refractivity contribution >= 4 is 0 Å². The van der Waals surface area contributed by atoms with Gasteiger partial charge in [-0.3, -0.25) is 4.98 Å². The summed E-state index contributed by atoms with van der Waals surface area (Å²) in [5.74, 6) is 0.918. The molecule has 3 heterocycles. The second-order valence-corrected chi connectivity index (χ2v) is 3.99. The van der Waals surface area contributed by atoms with E-state index in [4.69, 9.17) is 4.52 Å². The lowest BCUT2D eigenvalue weighted by Gasteiger charge is -2.00. The highest BCUT2D eigenvalue weighted by atomic mass is 19.1. The van der Waals surface area contributed by atoms with Crippen LogP contribution in [0.25, 0.3) is 11.4 Å². The van der Waals surface area contributed by atoms with Gasteiger partial charge in [0.05, 0.1) is 6.04 Å². The highest BCUT2D eigenvalue weighted by molar-refractivity contribution is 5.51. The number of rotatable bonds is 2. The number of nitrogens with one attached hydrogen (secondary N) is 1. The van der Waals surface area contributed by atoms with Gasteiger partial charge < -0.3 is 9.84 Å². The van der Waals surface area contributed by atoms with E-state index in [0.29, 0.717) is 24.7 Å². The Morgan fingerprint density at radius 1 is 1.47 bits per heavy atom. The molecule has 2 aromatic heterocycles. The maximum Gasteiger partial charge on any atom is 0.244 e. The van der Waals surface area contributed by atoms with Crippen molar-refractivity contribution < 1.29 is 8.91 Å². The van der Waals surface area contributed by atoms with Gasteiger partial charge in [0.25, 0.3) is 0 Å². The van der Waals surface area contributed by atoms with E-state index in [-0.39, 0.29) is 6.04 Å². The molecule has 1 aliphatic rings. The Morgan fingerprint density at radius 2 is 2.41 bits per heavy atom. The van der Waals surface area contributed by atoms with Crippen LogP contribution < -0.4 is 5.32 Å². The van der Waals surface area contributed by atoms with Gasteiger partial charge in [0.15, 0.2) is 0 Å². The van der Waals surface area contributed by atoms with E-state index in [1.54, 1.807) is 18.5 Å². The Hall–Kier alpha value is -1.82. The summed E-state index contributed by atoms with van der Waals surface area (Å²) in [5, 5.41) is 6.87. The number of hydrogen-bond donors (Lipinski definition) is 1. The summed E-state index contributed by atoms with van der Waals surface area (Å²) in [6, 6.07) is 3.47. The molecule has 88 valence electrons. The summed E-state index contributed by atoms with van der Waals surface area (Å²) in [6.45, 7) is 0.343. The summed E-state index contributed by atoms with van der Waals surface area (Å²) in [5.41, 5.74) is 0.789. The zero-order chi connectivity index (χ0) is 11.7. The first kappa shape index (κ1) is 10.3. The number of pyridine rings is 1. The van der Waals surface area contributed by atoms with E-state index in [0.717, 1.165) is 5.56 Å². The van der Waals surface area contributed by atoms with E-state index < -0.39 is 6.17 Å². The van der Waals surface area contributed by atoms with Crippen molar-refractivity contribution in [2.24, 2.45) is 0 Å². The number of halogens is 1. The van der Waals surface area contributed by atoms with Gasteiger partial charge in [-0.15, -0.1) is 0 Å². The molecule has 0 aromatic carbocycles. The summed E-state index contributed by atoms with van der Waals surface area (Å²) >= 11 is 0. The van der Waals surface area contributed by atoms with Gasteiger partial charge >= 0.3 is 0 Å². The van der Waals surface area contributed by atoms with Gasteiger partial charge in [0, 0.05) is 30.9 Å². The molecule has 1 fully saturated rings. The molecule has 6 heteroatoms. The SMILES string of the molecule is F[C@H]1CN[C@H](c2nc(-c3cccnc3)no2)C1. The minimum absolute atomic E-state index is 0.178.